The van der Waals surface area contributed by atoms with Crippen molar-refractivity contribution in [3.63, 3.8) is 0 Å². The number of hydrogen-bond acceptors (Lipinski definition) is 3. The highest BCUT2D eigenvalue weighted by Crippen LogP contribution is 2.43. The molecule has 3 heteroatoms. The number of aryl methyl sites for hydroxylation is 4. The van der Waals surface area contributed by atoms with Gasteiger partial charge in [-0.15, -0.1) is 0 Å². The molecule has 0 aliphatic heterocycles. The van der Waals surface area contributed by atoms with Crippen molar-refractivity contribution < 1.29 is 14.0 Å². The van der Waals surface area contributed by atoms with Gasteiger partial charge in [0.2, 0.25) is 5.89 Å². The molecule has 5 aromatic rings. The molecule has 1 saturated carbocycles. The summed E-state index contributed by atoms with van der Waals surface area (Å²) in [7, 11) is 0. The minimum Gasteiger partial charge on any atom is -0.435 e. The molecule has 2 heterocycles. The van der Waals surface area contributed by atoms with Crippen molar-refractivity contribution in [2.45, 2.75) is 73.0 Å². The number of fused-ring (bicyclic) bond motifs is 1. The van der Waals surface area contributed by atoms with E-state index in [1.807, 2.05) is 50.2 Å². The van der Waals surface area contributed by atoms with Crippen LogP contribution >= 0.6 is 0 Å². The van der Waals surface area contributed by atoms with Crippen LogP contribution in [0.1, 0.15) is 82.8 Å². The highest BCUT2D eigenvalue weighted by Gasteiger charge is 2.28. The maximum absolute atomic E-state index is 9.27. The summed E-state index contributed by atoms with van der Waals surface area (Å²) in [5.41, 5.74) is 6.47. The Kier molecular flexibility index (Phi) is 4.65. The number of para-hydroxylation sites is 1. The van der Waals surface area contributed by atoms with Crippen LogP contribution in [0.25, 0.3) is 44.9 Å². The van der Waals surface area contributed by atoms with Crippen LogP contribution in [0.5, 0.6) is 0 Å². The fourth-order valence-electron chi connectivity index (χ4n) is 5.75. The summed E-state index contributed by atoms with van der Waals surface area (Å²) in [5.74, 6) is -0.424. The lowest BCUT2D eigenvalue weighted by Gasteiger charge is -2.34. The van der Waals surface area contributed by atoms with Crippen molar-refractivity contribution in [1.82, 2.24) is 9.97 Å². The summed E-state index contributed by atoms with van der Waals surface area (Å²) in [6, 6.07) is 18.2. The average molecular weight is 522 g/mol. The van der Waals surface area contributed by atoms with E-state index in [9.17, 15) is 1.37 Å². The maximum Gasteiger partial charge on any atom is 0.227 e. The van der Waals surface area contributed by atoms with Crippen LogP contribution in [0.3, 0.4) is 0 Å². The van der Waals surface area contributed by atoms with E-state index in [2.05, 4.69) is 18.8 Å². The lowest BCUT2D eigenvalue weighted by Crippen LogP contribution is -2.20. The van der Waals surface area contributed by atoms with E-state index in [-0.39, 0.29) is 22.1 Å². The van der Waals surface area contributed by atoms with Crippen molar-refractivity contribution in [2.24, 2.45) is 5.41 Å². The quantitative estimate of drug-likeness (QED) is 0.236. The standard InChI is InChI=1S/C36H38N2O/c1-22-9-7-10-23(2)33(22)35-38-31-12-8-11-29(34(31)39-35)32-20-30(25(4)21-37-32)28-14-13-27(19-24(28)3)26-15-17-36(5,6)18-16-26/h7-14,19-21,26H,15-18H2,1-6H3/i3D3,4D3,26D. The van der Waals surface area contributed by atoms with Crippen LogP contribution in [-0.4, -0.2) is 9.97 Å². The third-order valence-electron chi connectivity index (χ3n) is 8.21. The molecule has 39 heavy (non-hydrogen) atoms. The summed E-state index contributed by atoms with van der Waals surface area (Å²) in [6.45, 7) is 3.31. The minimum atomic E-state index is -2.55. The van der Waals surface area contributed by atoms with Gasteiger partial charge in [0, 0.05) is 26.9 Å². The normalized spacial score (nSPS) is 19.7. The monoisotopic (exact) mass is 521 g/mol. The average Bonchev–Trinajstić information content (AvgIpc) is 3.41. The zero-order valence-corrected chi connectivity index (χ0v) is 23.0. The molecule has 0 atom stereocenters. The number of pyridine rings is 1. The lowest BCUT2D eigenvalue weighted by molar-refractivity contribution is 0.224. The number of oxazole rings is 1. The predicted molar refractivity (Wildman–Crippen MR) is 162 cm³/mol. The molecule has 3 nitrogen and oxygen atoms in total. The molecule has 2 aromatic heterocycles. The summed E-state index contributed by atoms with van der Waals surface area (Å²) in [5, 5.41) is 0. The molecule has 0 spiro atoms. The molecule has 0 radical (unpaired) electrons. The number of aromatic nitrogens is 2. The molecule has 0 saturated heterocycles. The highest BCUT2D eigenvalue weighted by molar-refractivity contribution is 5.92. The second kappa shape index (κ2) is 9.79. The van der Waals surface area contributed by atoms with E-state index in [1.165, 1.54) is 6.20 Å². The van der Waals surface area contributed by atoms with Crippen molar-refractivity contribution in [2.75, 3.05) is 0 Å². The third kappa shape index (κ3) is 4.80. The fraction of sp³-hybridized carbons (Fsp3) is 0.333. The van der Waals surface area contributed by atoms with Gasteiger partial charge in [-0.2, -0.15) is 0 Å². The van der Waals surface area contributed by atoms with Gasteiger partial charge in [-0.05, 0) is 122 Å². The van der Waals surface area contributed by atoms with Crippen molar-refractivity contribution >= 4 is 11.1 Å². The molecular formula is C36H38N2O. The highest BCUT2D eigenvalue weighted by atomic mass is 16.3. The van der Waals surface area contributed by atoms with Crippen LogP contribution < -0.4 is 0 Å². The Hall–Kier alpha value is -3.72. The Balaban J connectivity index is 1.52. The van der Waals surface area contributed by atoms with Crippen LogP contribution in [-0.2, 0) is 0 Å². The minimum absolute atomic E-state index is 0.0271. The van der Waals surface area contributed by atoms with E-state index in [0.717, 1.165) is 29.5 Å². The largest absolute Gasteiger partial charge is 0.435 e. The van der Waals surface area contributed by atoms with E-state index in [1.54, 1.807) is 24.3 Å². The van der Waals surface area contributed by atoms with Gasteiger partial charge in [0.1, 0.15) is 5.52 Å². The molecule has 0 unspecified atom stereocenters. The first-order valence-corrected chi connectivity index (χ1v) is 13.6. The van der Waals surface area contributed by atoms with E-state index >= 15 is 0 Å². The molecule has 3 aromatic carbocycles. The summed E-state index contributed by atoms with van der Waals surface area (Å²) in [6.07, 6.45) is 4.31. The van der Waals surface area contributed by atoms with E-state index < -0.39 is 19.6 Å². The van der Waals surface area contributed by atoms with Crippen molar-refractivity contribution in [3.8, 4) is 33.8 Å². The number of rotatable bonds is 4. The molecule has 198 valence electrons. The molecule has 1 aliphatic rings. The summed E-state index contributed by atoms with van der Waals surface area (Å²) < 4.78 is 65.9. The summed E-state index contributed by atoms with van der Waals surface area (Å²) >= 11 is 0. The van der Waals surface area contributed by atoms with Crippen molar-refractivity contribution in [1.29, 1.82) is 0 Å². The van der Waals surface area contributed by atoms with Gasteiger partial charge in [-0.3, -0.25) is 4.98 Å². The Labute approximate surface area is 242 Å². The third-order valence-corrected chi connectivity index (χ3v) is 8.21. The maximum atomic E-state index is 9.27. The van der Waals surface area contributed by atoms with Gasteiger partial charge in [-0.25, -0.2) is 4.98 Å². The first-order valence-electron chi connectivity index (χ1n) is 17.1. The van der Waals surface area contributed by atoms with Gasteiger partial charge in [-0.1, -0.05) is 56.3 Å². The SMILES string of the molecule is [2H]C([2H])([2H])c1cnc(-c2cccc3nc(-c4c(C)cccc4C)oc23)cc1-c1ccc(C2([2H])CCC(C)(C)CC2)cc1C([2H])([2H])[2H]. The number of hydrogen-bond donors (Lipinski definition) is 0. The molecule has 1 aliphatic carbocycles. The first kappa shape index (κ1) is 18.5. The zero-order chi connectivity index (χ0) is 33.2. The smallest absolute Gasteiger partial charge is 0.227 e. The Morgan fingerprint density at radius 1 is 0.846 bits per heavy atom. The van der Waals surface area contributed by atoms with Crippen LogP contribution in [0.15, 0.2) is 71.3 Å². The van der Waals surface area contributed by atoms with Crippen LogP contribution in [0, 0.1) is 33.0 Å². The van der Waals surface area contributed by atoms with E-state index in [4.69, 9.17) is 17.6 Å². The number of benzene rings is 3. The fourth-order valence-corrected chi connectivity index (χ4v) is 5.75. The molecule has 1 fully saturated rings. The second-order valence-electron chi connectivity index (χ2n) is 11.6. The molecular weight excluding hydrogens is 476 g/mol. The van der Waals surface area contributed by atoms with Gasteiger partial charge >= 0.3 is 0 Å². The topological polar surface area (TPSA) is 38.9 Å². The molecule has 0 N–H and O–H groups in total. The lowest BCUT2D eigenvalue weighted by atomic mass is 9.71. The summed E-state index contributed by atoms with van der Waals surface area (Å²) in [4.78, 5) is 9.33. The molecule has 0 amide bonds. The van der Waals surface area contributed by atoms with E-state index in [0.29, 0.717) is 52.2 Å². The van der Waals surface area contributed by atoms with Crippen molar-refractivity contribution in [3.05, 3.63) is 94.7 Å². The Morgan fingerprint density at radius 3 is 2.33 bits per heavy atom. The molecule has 0 bridgehead atoms. The Bertz CT molecular complexity index is 1920. The van der Waals surface area contributed by atoms with Crippen LogP contribution in [0.4, 0.5) is 0 Å². The van der Waals surface area contributed by atoms with Gasteiger partial charge in [0.25, 0.3) is 0 Å². The zero-order valence-electron chi connectivity index (χ0n) is 30.0. The number of nitrogens with zero attached hydrogens (tertiary/aromatic N) is 2. The Morgan fingerprint density at radius 2 is 1.59 bits per heavy atom. The van der Waals surface area contributed by atoms with Gasteiger partial charge in [0.05, 0.1) is 5.69 Å². The molecule has 6 rings (SSSR count). The second-order valence-corrected chi connectivity index (χ2v) is 11.6. The van der Waals surface area contributed by atoms with Gasteiger partial charge in [0.15, 0.2) is 5.58 Å². The predicted octanol–water partition coefficient (Wildman–Crippen LogP) is 10.1. The van der Waals surface area contributed by atoms with Gasteiger partial charge < -0.3 is 4.42 Å². The van der Waals surface area contributed by atoms with Crippen LogP contribution in [0.2, 0.25) is 0 Å². The first-order chi connectivity index (χ1) is 21.5.